The van der Waals surface area contributed by atoms with Crippen LogP contribution in [0.1, 0.15) is 26.2 Å². The van der Waals surface area contributed by atoms with Crippen molar-refractivity contribution in [3.63, 3.8) is 0 Å². The Balaban J connectivity index is 2.37. The van der Waals surface area contributed by atoms with E-state index < -0.39 is 5.24 Å². The van der Waals surface area contributed by atoms with Crippen LogP contribution >= 0.6 is 11.6 Å². The quantitative estimate of drug-likeness (QED) is 0.434. The van der Waals surface area contributed by atoms with E-state index in [2.05, 4.69) is 0 Å². The lowest BCUT2D eigenvalue weighted by molar-refractivity contribution is -0.134. The third kappa shape index (κ3) is 5.68. The first-order chi connectivity index (χ1) is 8.61. The minimum absolute atomic E-state index is 0.172. The van der Waals surface area contributed by atoms with Gasteiger partial charge in [-0.25, -0.2) is 0 Å². The predicted octanol–water partition coefficient (Wildman–Crippen LogP) is 2.93. The molecule has 1 aromatic carbocycles. The predicted molar refractivity (Wildman–Crippen MR) is 68.0 cm³/mol. The number of carbonyl (C=O) groups excluding carboxylic acids is 2. The topological polar surface area (TPSA) is 52.6 Å². The standard InChI is InChI=1S/C13H15ClO4/c1-2-17-10-6-8-11(9-7-10)18-13(16)5-3-4-12(14)15/h6-9H,2-5H2,1H3. The molecule has 1 aromatic rings. The van der Waals surface area contributed by atoms with Gasteiger partial charge in [-0.05, 0) is 49.2 Å². The van der Waals surface area contributed by atoms with Gasteiger partial charge in [0.05, 0.1) is 6.61 Å². The molecule has 0 unspecified atom stereocenters. The molecule has 0 N–H and O–H groups in total. The maximum Gasteiger partial charge on any atom is 0.311 e. The van der Waals surface area contributed by atoms with E-state index in [0.29, 0.717) is 18.8 Å². The molecule has 0 saturated carbocycles. The molecule has 0 aliphatic rings. The van der Waals surface area contributed by atoms with Crippen LogP contribution in [-0.4, -0.2) is 17.8 Å². The highest BCUT2D eigenvalue weighted by molar-refractivity contribution is 6.63. The minimum atomic E-state index is -0.441. The Morgan fingerprint density at radius 2 is 1.72 bits per heavy atom. The molecule has 18 heavy (non-hydrogen) atoms. The van der Waals surface area contributed by atoms with E-state index in [1.54, 1.807) is 24.3 Å². The van der Waals surface area contributed by atoms with Gasteiger partial charge in [0.25, 0.3) is 0 Å². The van der Waals surface area contributed by atoms with Crippen LogP contribution in [0.2, 0.25) is 0 Å². The maximum absolute atomic E-state index is 11.4. The van der Waals surface area contributed by atoms with Gasteiger partial charge in [0.1, 0.15) is 11.5 Å². The van der Waals surface area contributed by atoms with E-state index in [1.807, 2.05) is 6.92 Å². The molecule has 0 amide bonds. The lowest BCUT2D eigenvalue weighted by Crippen LogP contribution is -2.08. The summed E-state index contributed by atoms with van der Waals surface area (Å²) in [5.74, 6) is 0.808. The van der Waals surface area contributed by atoms with Crippen LogP contribution in [0.25, 0.3) is 0 Å². The van der Waals surface area contributed by atoms with Crippen molar-refractivity contribution < 1.29 is 19.1 Å². The molecule has 4 nitrogen and oxygen atoms in total. The zero-order valence-electron chi connectivity index (χ0n) is 10.1. The van der Waals surface area contributed by atoms with Crippen molar-refractivity contribution in [1.82, 2.24) is 0 Å². The molecular formula is C13H15ClO4. The van der Waals surface area contributed by atoms with Crippen LogP contribution in [0.5, 0.6) is 11.5 Å². The van der Waals surface area contributed by atoms with Gasteiger partial charge in [-0.2, -0.15) is 0 Å². The Morgan fingerprint density at radius 1 is 1.11 bits per heavy atom. The van der Waals surface area contributed by atoms with E-state index in [9.17, 15) is 9.59 Å². The molecule has 0 aromatic heterocycles. The van der Waals surface area contributed by atoms with Gasteiger partial charge in [-0.1, -0.05) is 0 Å². The SMILES string of the molecule is CCOc1ccc(OC(=O)CCCC(=O)Cl)cc1. The highest BCUT2D eigenvalue weighted by Gasteiger charge is 2.06. The van der Waals surface area contributed by atoms with Crippen LogP contribution < -0.4 is 9.47 Å². The molecule has 0 radical (unpaired) electrons. The van der Waals surface area contributed by atoms with Crippen LogP contribution in [0.15, 0.2) is 24.3 Å². The number of carbonyl (C=O) groups is 2. The van der Waals surface area contributed by atoms with E-state index in [0.717, 1.165) is 5.75 Å². The molecule has 0 aliphatic heterocycles. The Labute approximate surface area is 111 Å². The van der Waals surface area contributed by atoms with Crippen molar-refractivity contribution in [2.24, 2.45) is 0 Å². The lowest BCUT2D eigenvalue weighted by atomic mass is 10.2. The average molecular weight is 271 g/mol. The van der Waals surface area contributed by atoms with Gasteiger partial charge >= 0.3 is 5.97 Å². The lowest BCUT2D eigenvalue weighted by Gasteiger charge is -2.05. The second kappa shape index (κ2) is 7.71. The molecule has 0 aliphatic carbocycles. The number of hydrogen-bond donors (Lipinski definition) is 0. The number of ether oxygens (including phenoxy) is 2. The van der Waals surface area contributed by atoms with Crippen molar-refractivity contribution >= 4 is 22.8 Å². The first-order valence-electron chi connectivity index (χ1n) is 5.73. The smallest absolute Gasteiger partial charge is 0.311 e. The number of halogens is 1. The number of benzene rings is 1. The number of hydrogen-bond acceptors (Lipinski definition) is 4. The van der Waals surface area contributed by atoms with Gasteiger partial charge in [0.2, 0.25) is 5.24 Å². The second-order valence-electron chi connectivity index (χ2n) is 3.59. The van der Waals surface area contributed by atoms with Crippen molar-refractivity contribution in [2.75, 3.05) is 6.61 Å². The first kappa shape index (κ1) is 14.5. The summed E-state index contributed by atoms with van der Waals surface area (Å²) in [6.07, 6.45) is 0.754. The van der Waals surface area contributed by atoms with E-state index >= 15 is 0 Å². The van der Waals surface area contributed by atoms with Gasteiger partial charge in [0.15, 0.2) is 0 Å². The largest absolute Gasteiger partial charge is 0.494 e. The summed E-state index contributed by atoms with van der Waals surface area (Å²) in [7, 11) is 0. The van der Waals surface area contributed by atoms with Gasteiger partial charge in [-0.3, -0.25) is 9.59 Å². The van der Waals surface area contributed by atoms with Crippen LogP contribution in [0, 0.1) is 0 Å². The highest BCUT2D eigenvalue weighted by Crippen LogP contribution is 2.18. The third-order valence-electron chi connectivity index (χ3n) is 2.12. The summed E-state index contributed by atoms with van der Waals surface area (Å²) >= 11 is 5.16. The molecule has 0 bridgehead atoms. The Kier molecular flexibility index (Phi) is 6.22. The highest BCUT2D eigenvalue weighted by atomic mass is 35.5. The summed E-state index contributed by atoms with van der Waals surface area (Å²) in [4.78, 5) is 21.9. The molecule has 1 rings (SSSR count). The van der Waals surface area contributed by atoms with Crippen molar-refractivity contribution in [1.29, 1.82) is 0 Å². The summed E-state index contributed by atoms with van der Waals surface area (Å²) in [6, 6.07) is 6.79. The Bertz CT molecular complexity index is 400. The summed E-state index contributed by atoms with van der Waals surface area (Å²) in [5.41, 5.74) is 0. The fourth-order valence-corrected chi connectivity index (χ4v) is 1.46. The van der Waals surface area contributed by atoms with E-state index in [4.69, 9.17) is 21.1 Å². The fraction of sp³-hybridized carbons (Fsp3) is 0.385. The summed E-state index contributed by atoms with van der Waals surface area (Å²) < 4.78 is 10.3. The molecule has 0 fully saturated rings. The normalized spacial score (nSPS) is 9.89. The third-order valence-corrected chi connectivity index (χ3v) is 2.31. The van der Waals surface area contributed by atoms with Gasteiger partial charge < -0.3 is 9.47 Å². The van der Waals surface area contributed by atoms with Crippen LogP contribution in [-0.2, 0) is 9.59 Å². The molecule has 0 atom stereocenters. The zero-order chi connectivity index (χ0) is 13.4. The molecule has 0 heterocycles. The average Bonchev–Trinajstić information content (AvgIpc) is 2.31. The minimum Gasteiger partial charge on any atom is -0.494 e. The summed E-state index contributed by atoms with van der Waals surface area (Å²) in [5, 5.41) is -0.441. The van der Waals surface area contributed by atoms with E-state index in [1.165, 1.54) is 0 Å². The van der Waals surface area contributed by atoms with Gasteiger partial charge in [0, 0.05) is 12.8 Å². The second-order valence-corrected chi connectivity index (χ2v) is 4.01. The fourth-order valence-electron chi connectivity index (χ4n) is 1.32. The molecular weight excluding hydrogens is 256 g/mol. The van der Waals surface area contributed by atoms with Crippen LogP contribution in [0.3, 0.4) is 0 Å². The van der Waals surface area contributed by atoms with Crippen molar-refractivity contribution in [3.05, 3.63) is 24.3 Å². The molecule has 98 valence electrons. The Morgan fingerprint density at radius 3 is 2.28 bits per heavy atom. The number of rotatable bonds is 7. The molecule has 5 heteroatoms. The van der Waals surface area contributed by atoms with Crippen molar-refractivity contribution in [3.8, 4) is 11.5 Å². The summed E-state index contributed by atoms with van der Waals surface area (Å²) in [6.45, 7) is 2.48. The van der Waals surface area contributed by atoms with Crippen LogP contribution in [0.4, 0.5) is 0 Å². The van der Waals surface area contributed by atoms with Crippen molar-refractivity contribution in [2.45, 2.75) is 26.2 Å². The van der Waals surface area contributed by atoms with Gasteiger partial charge in [-0.15, -0.1) is 0 Å². The maximum atomic E-state index is 11.4. The first-order valence-corrected chi connectivity index (χ1v) is 6.11. The Hall–Kier alpha value is -1.55. The number of esters is 1. The molecule has 0 saturated heterocycles. The molecule has 0 spiro atoms. The zero-order valence-corrected chi connectivity index (χ0v) is 10.9. The monoisotopic (exact) mass is 270 g/mol. The van der Waals surface area contributed by atoms with E-state index in [-0.39, 0.29) is 18.8 Å².